The Balaban J connectivity index is 2.11. The van der Waals surface area contributed by atoms with Gasteiger partial charge in [-0.05, 0) is 12.3 Å². The molecule has 0 aliphatic rings. The lowest BCUT2D eigenvalue weighted by Crippen LogP contribution is -2.37. The van der Waals surface area contributed by atoms with Gasteiger partial charge in [0.1, 0.15) is 6.04 Å². The molecule has 2 aromatic heterocycles. The number of aromatic nitrogens is 2. The van der Waals surface area contributed by atoms with Crippen LogP contribution in [0, 0.1) is 5.92 Å². The van der Waals surface area contributed by atoms with Gasteiger partial charge in [-0.1, -0.05) is 13.8 Å². The highest BCUT2D eigenvalue weighted by Crippen LogP contribution is 2.08. The van der Waals surface area contributed by atoms with Crippen LogP contribution in [-0.4, -0.2) is 26.5 Å². The van der Waals surface area contributed by atoms with Gasteiger partial charge in [-0.2, -0.15) is 0 Å². The number of carbonyl (C=O) groups is 1. The van der Waals surface area contributed by atoms with Gasteiger partial charge in [0.2, 0.25) is 0 Å². The van der Waals surface area contributed by atoms with Crippen molar-refractivity contribution in [3.63, 3.8) is 0 Å². The van der Waals surface area contributed by atoms with Crippen LogP contribution in [0.5, 0.6) is 0 Å². The predicted molar refractivity (Wildman–Crippen MR) is 77.1 cm³/mol. The lowest BCUT2D eigenvalue weighted by Gasteiger charge is -2.16. The summed E-state index contributed by atoms with van der Waals surface area (Å²) in [6.07, 6.45) is 2.21. The van der Waals surface area contributed by atoms with Crippen molar-refractivity contribution < 1.29 is 9.90 Å². The predicted octanol–water partition coefficient (Wildman–Crippen LogP) is 1.34. The van der Waals surface area contributed by atoms with Crippen LogP contribution in [0.25, 0.3) is 4.96 Å². The van der Waals surface area contributed by atoms with Gasteiger partial charge in [0.25, 0.3) is 5.56 Å². The largest absolute Gasteiger partial charge is 0.480 e. The number of fused-ring (bicyclic) bond motifs is 1. The van der Waals surface area contributed by atoms with Crippen LogP contribution in [0.3, 0.4) is 0 Å². The fraction of sp³-hybridized carbons (Fsp3) is 0.462. The van der Waals surface area contributed by atoms with Crippen LogP contribution < -0.4 is 10.9 Å². The highest BCUT2D eigenvalue weighted by Gasteiger charge is 2.18. The first kappa shape index (κ1) is 14.7. The Morgan fingerprint density at radius 1 is 1.55 bits per heavy atom. The van der Waals surface area contributed by atoms with E-state index in [0.29, 0.717) is 17.1 Å². The van der Waals surface area contributed by atoms with E-state index < -0.39 is 12.0 Å². The molecule has 2 N–H and O–H groups in total. The molecule has 20 heavy (non-hydrogen) atoms. The maximum atomic E-state index is 11.8. The van der Waals surface area contributed by atoms with Gasteiger partial charge in [-0.3, -0.25) is 19.3 Å². The second kappa shape index (κ2) is 6.15. The summed E-state index contributed by atoms with van der Waals surface area (Å²) in [5.41, 5.74) is 0.413. The Morgan fingerprint density at radius 2 is 2.30 bits per heavy atom. The van der Waals surface area contributed by atoms with Crippen LogP contribution in [0.4, 0.5) is 0 Å². The van der Waals surface area contributed by atoms with E-state index in [-0.39, 0.29) is 18.0 Å². The maximum Gasteiger partial charge on any atom is 0.320 e. The smallest absolute Gasteiger partial charge is 0.320 e. The molecule has 0 radical (unpaired) electrons. The van der Waals surface area contributed by atoms with E-state index in [1.54, 1.807) is 11.6 Å². The molecule has 0 aromatic carbocycles. The van der Waals surface area contributed by atoms with Crippen molar-refractivity contribution in [1.29, 1.82) is 0 Å². The van der Waals surface area contributed by atoms with E-state index in [9.17, 15) is 9.59 Å². The molecular weight excluding hydrogens is 278 g/mol. The topological polar surface area (TPSA) is 83.7 Å². The number of thiazole rings is 1. The zero-order chi connectivity index (χ0) is 14.7. The third-order valence-corrected chi connectivity index (χ3v) is 3.65. The minimum Gasteiger partial charge on any atom is -0.480 e. The van der Waals surface area contributed by atoms with Crippen molar-refractivity contribution in [2.45, 2.75) is 32.9 Å². The van der Waals surface area contributed by atoms with E-state index in [1.807, 2.05) is 13.8 Å². The third kappa shape index (κ3) is 3.43. The third-order valence-electron chi connectivity index (χ3n) is 2.89. The summed E-state index contributed by atoms with van der Waals surface area (Å²) in [6.45, 7) is 4.22. The lowest BCUT2D eigenvalue weighted by molar-refractivity contribution is -0.140. The van der Waals surface area contributed by atoms with Crippen molar-refractivity contribution >= 4 is 22.3 Å². The van der Waals surface area contributed by atoms with E-state index >= 15 is 0 Å². The Hall–Kier alpha value is -1.73. The average molecular weight is 295 g/mol. The van der Waals surface area contributed by atoms with Crippen LogP contribution in [-0.2, 0) is 11.3 Å². The van der Waals surface area contributed by atoms with Crippen molar-refractivity contribution in [3.8, 4) is 0 Å². The molecule has 0 saturated carbocycles. The fourth-order valence-electron chi connectivity index (χ4n) is 1.95. The van der Waals surface area contributed by atoms with Crippen molar-refractivity contribution in [3.05, 3.63) is 33.7 Å². The standard InChI is InChI=1S/C13H17N3O3S/c1-8(2)5-10(12(18)19)14-7-9-6-11(17)16-3-4-20-13(16)15-9/h3-4,6,8,10,14H,5,7H2,1-2H3,(H,18,19). The van der Waals surface area contributed by atoms with E-state index in [2.05, 4.69) is 10.3 Å². The van der Waals surface area contributed by atoms with Gasteiger partial charge in [-0.15, -0.1) is 11.3 Å². The average Bonchev–Trinajstić information content (AvgIpc) is 2.82. The summed E-state index contributed by atoms with van der Waals surface area (Å²) >= 11 is 1.37. The summed E-state index contributed by atoms with van der Waals surface area (Å²) in [7, 11) is 0. The molecule has 0 amide bonds. The molecule has 2 aromatic rings. The van der Waals surface area contributed by atoms with Crippen LogP contribution in [0.15, 0.2) is 22.4 Å². The van der Waals surface area contributed by atoms with Gasteiger partial charge in [-0.25, -0.2) is 4.98 Å². The number of nitrogens with one attached hydrogen (secondary N) is 1. The summed E-state index contributed by atoms with van der Waals surface area (Å²) < 4.78 is 1.47. The molecule has 1 atom stereocenters. The SMILES string of the molecule is CC(C)CC(NCc1cc(=O)n2ccsc2n1)C(=O)O. The number of hydrogen-bond acceptors (Lipinski definition) is 5. The molecule has 7 heteroatoms. The summed E-state index contributed by atoms with van der Waals surface area (Å²) in [6, 6.07) is 0.805. The van der Waals surface area contributed by atoms with Crippen LogP contribution >= 0.6 is 11.3 Å². The number of hydrogen-bond donors (Lipinski definition) is 2. The number of nitrogens with zero attached hydrogens (tertiary/aromatic N) is 2. The zero-order valence-corrected chi connectivity index (χ0v) is 12.2. The molecule has 0 spiro atoms. The molecule has 0 bridgehead atoms. The quantitative estimate of drug-likeness (QED) is 0.840. The molecule has 0 fully saturated rings. The van der Waals surface area contributed by atoms with Gasteiger partial charge >= 0.3 is 5.97 Å². The molecule has 2 heterocycles. The van der Waals surface area contributed by atoms with Gasteiger partial charge in [0, 0.05) is 24.2 Å². The van der Waals surface area contributed by atoms with E-state index in [0.717, 1.165) is 0 Å². The van der Waals surface area contributed by atoms with Gasteiger partial charge < -0.3 is 5.11 Å². The second-order valence-electron chi connectivity index (χ2n) is 5.04. The Bertz CT molecular complexity index is 662. The first-order valence-corrected chi connectivity index (χ1v) is 7.27. The van der Waals surface area contributed by atoms with Crippen molar-refractivity contribution in [2.24, 2.45) is 5.92 Å². The van der Waals surface area contributed by atoms with E-state index in [4.69, 9.17) is 5.11 Å². The summed E-state index contributed by atoms with van der Waals surface area (Å²) in [5.74, 6) is -0.602. The number of carboxylic acids is 1. The number of rotatable bonds is 6. The molecule has 108 valence electrons. The second-order valence-corrected chi connectivity index (χ2v) is 5.92. The number of aliphatic carboxylic acids is 1. The first-order chi connectivity index (χ1) is 9.47. The minimum absolute atomic E-state index is 0.149. The van der Waals surface area contributed by atoms with Crippen LogP contribution in [0.2, 0.25) is 0 Å². The van der Waals surface area contributed by atoms with Gasteiger partial charge in [0.05, 0.1) is 5.69 Å². The normalized spacial score (nSPS) is 12.9. The fourth-order valence-corrected chi connectivity index (χ4v) is 2.69. The Morgan fingerprint density at radius 3 is 2.95 bits per heavy atom. The Kier molecular flexibility index (Phi) is 4.51. The minimum atomic E-state index is -0.882. The monoisotopic (exact) mass is 295 g/mol. The summed E-state index contributed by atoms with van der Waals surface area (Å²) in [4.78, 5) is 27.9. The Labute approximate surface area is 120 Å². The number of carboxylic acid groups (broad SMARTS) is 1. The maximum absolute atomic E-state index is 11.8. The molecule has 1 unspecified atom stereocenters. The van der Waals surface area contributed by atoms with Crippen molar-refractivity contribution in [1.82, 2.24) is 14.7 Å². The molecule has 0 aliphatic carbocycles. The zero-order valence-electron chi connectivity index (χ0n) is 11.4. The molecule has 0 aliphatic heterocycles. The highest BCUT2D eigenvalue weighted by molar-refractivity contribution is 7.15. The lowest BCUT2D eigenvalue weighted by atomic mass is 10.0. The van der Waals surface area contributed by atoms with Crippen molar-refractivity contribution in [2.75, 3.05) is 0 Å². The van der Waals surface area contributed by atoms with Crippen LogP contribution in [0.1, 0.15) is 26.0 Å². The molecule has 0 saturated heterocycles. The van der Waals surface area contributed by atoms with E-state index in [1.165, 1.54) is 21.8 Å². The molecule has 6 nitrogen and oxygen atoms in total. The molecule has 2 rings (SSSR count). The summed E-state index contributed by atoms with van der Waals surface area (Å²) in [5, 5.41) is 13.9. The van der Waals surface area contributed by atoms with Gasteiger partial charge in [0.15, 0.2) is 4.96 Å². The highest BCUT2D eigenvalue weighted by atomic mass is 32.1. The first-order valence-electron chi connectivity index (χ1n) is 6.39. The molecular formula is C13H17N3O3S.